The summed E-state index contributed by atoms with van der Waals surface area (Å²) in [5.74, 6) is 1.00. The second kappa shape index (κ2) is 6.60. The smallest absolute Gasteiger partial charge is 0.122 e. The molecule has 0 spiro atoms. The Morgan fingerprint density at radius 3 is 2.44 bits per heavy atom. The molecule has 1 unspecified atom stereocenters. The van der Waals surface area contributed by atoms with Crippen molar-refractivity contribution in [1.82, 2.24) is 0 Å². The van der Waals surface area contributed by atoms with Gasteiger partial charge in [-0.1, -0.05) is 62.2 Å². The molecule has 0 aliphatic carbocycles. The van der Waals surface area contributed by atoms with Gasteiger partial charge in [0.2, 0.25) is 0 Å². The predicted octanol–water partition coefficient (Wildman–Crippen LogP) is 5.10. The summed E-state index contributed by atoms with van der Waals surface area (Å²) in [6.45, 7) is 8.96. The van der Waals surface area contributed by atoms with Gasteiger partial charge in [0.05, 0.1) is 7.11 Å². The van der Waals surface area contributed by atoms with Crippen molar-refractivity contribution in [2.75, 3.05) is 7.11 Å². The van der Waals surface area contributed by atoms with Crippen LogP contribution >= 0.6 is 15.9 Å². The van der Waals surface area contributed by atoms with Crippen LogP contribution < -0.4 is 4.74 Å². The van der Waals surface area contributed by atoms with Crippen LogP contribution in [0.1, 0.15) is 51.7 Å². The fourth-order valence-electron chi connectivity index (χ4n) is 2.06. The van der Waals surface area contributed by atoms with Crippen LogP contribution in [0.15, 0.2) is 18.2 Å². The molecule has 1 atom stereocenters. The highest BCUT2D eigenvalue weighted by Crippen LogP contribution is 2.30. The normalized spacial score (nSPS) is 13.4. The Kier molecular flexibility index (Phi) is 5.71. The summed E-state index contributed by atoms with van der Waals surface area (Å²) in [7, 11) is 1.75. The van der Waals surface area contributed by atoms with Crippen LogP contribution in [0.2, 0.25) is 0 Å². The molecule has 18 heavy (non-hydrogen) atoms. The van der Waals surface area contributed by atoms with Crippen LogP contribution in [0.3, 0.4) is 0 Å². The zero-order chi connectivity index (χ0) is 13.8. The van der Waals surface area contributed by atoms with E-state index in [9.17, 15) is 0 Å². The van der Waals surface area contributed by atoms with Crippen LogP contribution in [0.4, 0.5) is 0 Å². The van der Waals surface area contributed by atoms with E-state index >= 15 is 0 Å². The first-order valence-electron chi connectivity index (χ1n) is 6.70. The van der Waals surface area contributed by atoms with E-state index in [1.54, 1.807) is 7.11 Å². The third-order valence-corrected chi connectivity index (χ3v) is 3.97. The van der Waals surface area contributed by atoms with E-state index in [4.69, 9.17) is 4.74 Å². The summed E-state index contributed by atoms with van der Waals surface area (Å²) in [4.78, 5) is 0.534. The molecule has 0 saturated heterocycles. The van der Waals surface area contributed by atoms with Crippen molar-refractivity contribution in [3.63, 3.8) is 0 Å². The summed E-state index contributed by atoms with van der Waals surface area (Å²) >= 11 is 3.76. The van der Waals surface area contributed by atoms with Gasteiger partial charge in [-0.15, -0.1) is 0 Å². The number of benzene rings is 1. The van der Waals surface area contributed by atoms with Crippen molar-refractivity contribution in [3.8, 4) is 5.75 Å². The molecule has 0 amide bonds. The minimum Gasteiger partial charge on any atom is -0.496 e. The van der Waals surface area contributed by atoms with Crippen LogP contribution in [-0.4, -0.2) is 11.9 Å². The molecule has 0 aliphatic rings. The van der Waals surface area contributed by atoms with Crippen molar-refractivity contribution in [3.05, 3.63) is 29.3 Å². The Bertz CT molecular complexity index is 379. The minimum atomic E-state index is 0.188. The molecule has 0 saturated carbocycles. The molecule has 102 valence electrons. The summed E-state index contributed by atoms with van der Waals surface area (Å²) in [5, 5.41) is 0. The Labute approximate surface area is 120 Å². The number of ether oxygens (including phenoxy) is 1. The lowest BCUT2D eigenvalue weighted by Gasteiger charge is -2.22. The molecular weight excluding hydrogens is 288 g/mol. The van der Waals surface area contributed by atoms with Crippen LogP contribution in [0, 0.1) is 0 Å². The number of alkyl halides is 1. The molecule has 0 N–H and O–H groups in total. The summed E-state index contributed by atoms with van der Waals surface area (Å²) in [5.41, 5.74) is 2.86. The average molecular weight is 313 g/mol. The van der Waals surface area contributed by atoms with E-state index in [0.29, 0.717) is 4.83 Å². The van der Waals surface area contributed by atoms with E-state index in [2.05, 4.69) is 61.8 Å². The second-order valence-corrected chi connectivity index (χ2v) is 7.16. The quantitative estimate of drug-likeness (QED) is 0.687. The first-order chi connectivity index (χ1) is 8.38. The van der Waals surface area contributed by atoms with Gasteiger partial charge >= 0.3 is 0 Å². The Balaban J connectivity index is 2.99. The number of hydrogen-bond acceptors (Lipinski definition) is 1. The molecule has 0 fully saturated rings. The molecule has 1 aromatic rings. The summed E-state index contributed by atoms with van der Waals surface area (Å²) in [6.07, 6.45) is 3.43. The highest BCUT2D eigenvalue weighted by Gasteiger charge is 2.17. The van der Waals surface area contributed by atoms with Crippen LogP contribution in [0.5, 0.6) is 5.75 Å². The molecule has 1 nitrogen and oxygen atoms in total. The molecule has 1 rings (SSSR count). The highest BCUT2D eigenvalue weighted by molar-refractivity contribution is 9.09. The van der Waals surface area contributed by atoms with Crippen LogP contribution in [-0.2, 0) is 11.8 Å². The Morgan fingerprint density at radius 1 is 1.28 bits per heavy atom. The maximum atomic E-state index is 5.47. The molecule has 0 radical (unpaired) electrons. The maximum absolute atomic E-state index is 5.47. The molecule has 0 heterocycles. The van der Waals surface area contributed by atoms with Gasteiger partial charge in [-0.05, 0) is 35.4 Å². The van der Waals surface area contributed by atoms with Crippen molar-refractivity contribution >= 4 is 15.9 Å². The Hall–Kier alpha value is -0.500. The topological polar surface area (TPSA) is 9.23 Å². The van der Waals surface area contributed by atoms with Gasteiger partial charge in [-0.25, -0.2) is 0 Å². The SMILES string of the molecule is CCCC(Br)Cc1cc(C(C)(C)C)ccc1OC. The minimum absolute atomic E-state index is 0.188. The molecule has 0 bridgehead atoms. The van der Waals surface area contributed by atoms with E-state index in [1.165, 1.54) is 24.0 Å². The van der Waals surface area contributed by atoms with E-state index in [0.717, 1.165) is 12.2 Å². The van der Waals surface area contributed by atoms with Crippen molar-refractivity contribution in [2.45, 2.75) is 57.2 Å². The van der Waals surface area contributed by atoms with Crippen molar-refractivity contribution < 1.29 is 4.74 Å². The molecule has 0 aromatic heterocycles. The predicted molar refractivity (Wildman–Crippen MR) is 83.0 cm³/mol. The lowest BCUT2D eigenvalue weighted by atomic mass is 9.85. The summed E-state index contributed by atoms with van der Waals surface area (Å²) < 4.78 is 5.47. The average Bonchev–Trinajstić information content (AvgIpc) is 2.28. The van der Waals surface area contributed by atoms with Gasteiger partial charge in [0, 0.05) is 4.83 Å². The Morgan fingerprint density at radius 2 is 1.94 bits per heavy atom. The van der Waals surface area contributed by atoms with Crippen molar-refractivity contribution in [1.29, 1.82) is 0 Å². The number of hydrogen-bond donors (Lipinski definition) is 0. The first-order valence-corrected chi connectivity index (χ1v) is 7.61. The van der Waals surface area contributed by atoms with Gasteiger partial charge in [-0.2, -0.15) is 0 Å². The third-order valence-electron chi connectivity index (χ3n) is 3.19. The first kappa shape index (κ1) is 15.6. The monoisotopic (exact) mass is 312 g/mol. The van der Waals surface area contributed by atoms with E-state index in [-0.39, 0.29) is 5.41 Å². The number of methoxy groups -OCH3 is 1. The zero-order valence-corrected chi connectivity index (χ0v) is 13.8. The van der Waals surface area contributed by atoms with Gasteiger partial charge in [0.1, 0.15) is 5.75 Å². The lowest BCUT2D eigenvalue weighted by molar-refractivity contribution is 0.408. The van der Waals surface area contributed by atoms with Gasteiger partial charge in [0.25, 0.3) is 0 Å². The van der Waals surface area contributed by atoms with Crippen LogP contribution in [0.25, 0.3) is 0 Å². The largest absolute Gasteiger partial charge is 0.496 e. The molecule has 0 aliphatic heterocycles. The maximum Gasteiger partial charge on any atom is 0.122 e. The number of halogens is 1. The molecule has 1 aromatic carbocycles. The number of rotatable bonds is 5. The molecular formula is C16H25BrO. The van der Waals surface area contributed by atoms with Crippen molar-refractivity contribution in [2.24, 2.45) is 0 Å². The van der Waals surface area contributed by atoms with E-state index in [1.807, 2.05) is 0 Å². The van der Waals surface area contributed by atoms with Gasteiger partial charge in [-0.3, -0.25) is 0 Å². The fourth-order valence-corrected chi connectivity index (χ4v) is 2.87. The molecule has 2 heteroatoms. The second-order valence-electron chi connectivity index (χ2n) is 5.87. The zero-order valence-electron chi connectivity index (χ0n) is 12.2. The lowest BCUT2D eigenvalue weighted by Crippen LogP contribution is -2.12. The fraction of sp³-hybridized carbons (Fsp3) is 0.625. The van der Waals surface area contributed by atoms with Gasteiger partial charge in [0.15, 0.2) is 0 Å². The van der Waals surface area contributed by atoms with Gasteiger partial charge < -0.3 is 4.74 Å². The third kappa shape index (κ3) is 4.31. The van der Waals surface area contributed by atoms with E-state index < -0.39 is 0 Å². The highest BCUT2D eigenvalue weighted by atomic mass is 79.9. The summed E-state index contributed by atoms with van der Waals surface area (Å²) in [6, 6.07) is 6.57. The standard InChI is InChI=1S/C16H25BrO/c1-6-7-14(17)11-12-10-13(16(2,3)4)8-9-15(12)18-5/h8-10,14H,6-7,11H2,1-5H3.